The Kier molecular flexibility index (Phi) is 4.69. The maximum absolute atomic E-state index is 13.2. The van der Waals surface area contributed by atoms with Gasteiger partial charge in [0.1, 0.15) is 11.5 Å². The van der Waals surface area contributed by atoms with Gasteiger partial charge >= 0.3 is 5.97 Å². The van der Waals surface area contributed by atoms with Gasteiger partial charge in [0, 0.05) is 39.5 Å². The number of carbonyl (C=O) groups is 1. The Bertz CT molecular complexity index is 2000. The number of hydrogen-bond acceptors (Lipinski definition) is 3. The standard InChI is InChI=1S/C36H25NO3/c1-22-15-17-28-31(20-22)39-32-21-25(16-18-29(32)36(28)27-13-7-6-12-26(27)35(38)40-36)34-33(24-10-4-3-5-11-24)23(2)30-14-8-9-19-37(30)34/h3-21H,1-2H3. The van der Waals surface area contributed by atoms with Gasteiger partial charge in [-0.05, 0) is 66.9 Å². The number of carbonyl (C=O) groups excluding carboxylic acids is 1. The van der Waals surface area contributed by atoms with Crippen molar-refractivity contribution in [3.05, 3.63) is 149 Å². The maximum Gasteiger partial charge on any atom is 0.340 e. The average molecular weight is 520 g/mol. The fourth-order valence-electron chi connectivity index (χ4n) is 6.54. The van der Waals surface area contributed by atoms with E-state index in [0.717, 1.165) is 44.6 Å². The lowest BCUT2D eigenvalue weighted by molar-refractivity contribution is 0.0224. The first-order valence-corrected chi connectivity index (χ1v) is 13.5. The summed E-state index contributed by atoms with van der Waals surface area (Å²) in [5.41, 5.74) is 9.95. The number of hydrogen-bond donors (Lipinski definition) is 0. The van der Waals surface area contributed by atoms with Crippen LogP contribution in [-0.2, 0) is 10.3 Å². The summed E-state index contributed by atoms with van der Waals surface area (Å²) in [6.45, 7) is 4.22. The fraction of sp³-hybridized carbons (Fsp3) is 0.0833. The zero-order chi connectivity index (χ0) is 27.0. The summed E-state index contributed by atoms with van der Waals surface area (Å²) in [5, 5.41) is 0. The van der Waals surface area contributed by atoms with Crippen molar-refractivity contribution >= 4 is 11.5 Å². The maximum atomic E-state index is 13.2. The first-order chi connectivity index (χ1) is 19.6. The molecule has 192 valence electrons. The molecular weight excluding hydrogens is 494 g/mol. The van der Waals surface area contributed by atoms with Crippen LogP contribution in [-0.4, -0.2) is 10.4 Å². The molecule has 1 spiro atoms. The quantitative estimate of drug-likeness (QED) is 0.216. The van der Waals surface area contributed by atoms with E-state index < -0.39 is 5.60 Å². The minimum absolute atomic E-state index is 0.321. The predicted octanol–water partition coefficient (Wildman–Crippen LogP) is 8.46. The van der Waals surface area contributed by atoms with Crippen LogP contribution in [0.1, 0.15) is 38.2 Å². The molecule has 6 aromatic rings. The highest BCUT2D eigenvalue weighted by molar-refractivity contribution is 5.97. The normalized spacial score (nSPS) is 16.8. The third-order valence-electron chi connectivity index (χ3n) is 8.30. The van der Waals surface area contributed by atoms with Crippen LogP contribution in [0.4, 0.5) is 0 Å². The smallest absolute Gasteiger partial charge is 0.340 e. The lowest BCUT2D eigenvalue weighted by Crippen LogP contribution is -2.33. The van der Waals surface area contributed by atoms with E-state index in [1.54, 1.807) is 0 Å². The highest BCUT2D eigenvalue weighted by Gasteiger charge is 2.53. The fourth-order valence-corrected chi connectivity index (χ4v) is 6.54. The second-order valence-electron chi connectivity index (χ2n) is 10.6. The van der Waals surface area contributed by atoms with Crippen molar-refractivity contribution in [2.45, 2.75) is 19.4 Å². The average Bonchev–Trinajstić information content (AvgIpc) is 3.45. The number of nitrogens with zero attached hydrogens (tertiary/aromatic N) is 1. The third kappa shape index (κ3) is 2.99. The number of aromatic nitrogens is 1. The molecule has 0 bridgehead atoms. The van der Waals surface area contributed by atoms with E-state index in [-0.39, 0.29) is 5.97 Å². The monoisotopic (exact) mass is 519 g/mol. The second kappa shape index (κ2) is 8.20. The molecule has 0 fully saturated rings. The summed E-state index contributed by atoms with van der Waals surface area (Å²) in [6.07, 6.45) is 2.11. The molecule has 0 radical (unpaired) electrons. The van der Waals surface area contributed by atoms with Gasteiger partial charge in [-0.1, -0.05) is 72.8 Å². The van der Waals surface area contributed by atoms with Crippen molar-refractivity contribution in [3.8, 4) is 33.9 Å². The molecule has 0 saturated carbocycles. The Labute approximate surface area is 232 Å². The van der Waals surface area contributed by atoms with Crippen molar-refractivity contribution < 1.29 is 14.3 Å². The summed E-state index contributed by atoms with van der Waals surface area (Å²) in [4.78, 5) is 13.2. The van der Waals surface area contributed by atoms with Crippen LogP contribution in [0.25, 0.3) is 27.9 Å². The highest BCUT2D eigenvalue weighted by Crippen LogP contribution is 2.57. The van der Waals surface area contributed by atoms with Crippen LogP contribution in [0.15, 0.2) is 115 Å². The molecule has 0 saturated heterocycles. The van der Waals surface area contributed by atoms with E-state index in [2.05, 4.69) is 78.2 Å². The Morgan fingerprint density at radius 3 is 2.25 bits per heavy atom. The van der Waals surface area contributed by atoms with Crippen LogP contribution >= 0.6 is 0 Å². The van der Waals surface area contributed by atoms with Crippen LogP contribution in [0.3, 0.4) is 0 Å². The van der Waals surface area contributed by atoms with E-state index >= 15 is 0 Å². The number of pyridine rings is 1. The minimum atomic E-state index is -1.07. The van der Waals surface area contributed by atoms with E-state index in [1.165, 1.54) is 11.1 Å². The Morgan fingerprint density at radius 1 is 0.675 bits per heavy atom. The summed E-state index contributed by atoms with van der Waals surface area (Å²) in [7, 11) is 0. The first kappa shape index (κ1) is 22.9. The van der Waals surface area contributed by atoms with Gasteiger partial charge in [0.25, 0.3) is 0 Å². The Balaban J connectivity index is 1.41. The summed E-state index contributed by atoms with van der Waals surface area (Å²) in [5.74, 6) is 1.06. The van der Waals surface area contributed by atoms with Crippen molar-refractivity contribution in [2.75, 3.05) is 0 Å². The molecule has 40 heavy (non-hydrogen) atoms. The van der Waals surface area contributed by atoms with Gasteiger partial charge < -0.3 is 13.9 Å². The molecule has 8 rings (SSSR count). The van der Waals surface area contributed by atoms with Crippen LogP contribution < -0.4 is 4.74 Å². The van der Waals surface area contributed by atoms with Gasteiger partial charge in [-0.15, -0.1) is 0 Å². The van der Waals surface area contributed by atoms with Gasteiger partial charge in [-0.25, -0.2) is 4.79 Å². The number of aryl methyl sites for hydroxylation is 2. The van der Waals surface area contributed by atoms with Gasteiger partial charge in [-0.3, -0.25) is 0 Å². The van der Waals surface area contributed by atoms with Crippen LogP contribution in [0, 0.1) is 13.8 Å². The molecule has 0 aliphatic carbocycles. The molecule has 4 aromatic carbocycles. The highest BCUT2D eigenvalue weighted by atomic mass is 16.6. The van der Waals surface area contributed by atoms with E-state index in [9.17, 15) is 4.79 Å². The molecule has 1 atom stereocenters. The lowest BCUT2D eigenvalue weighted by Gasteiger charge is -2.36. The number of ether oxygens (including phenoxy) is 2. The Morgan fingerprint density at radius 2 is 1.40 bits per heavy atom. The number of rotatable bonds is 2. The predicted molar refractivity (Wildman–Crippen MR) is 156 cm³/mol. The molecule has 4 nitrogen and oxygen atoms in total. The molecule has 2 aliphatic heterocycles. The summed E-state index contributed by atoms with van der Waals surface area (Å²) < 4.78 is 15.2. The zero-order valence-electron chi connectivity index (χ0n) is 22.1. The van der Waals surface area contributed by atoms with Crippen molar-refractivity contribution in [3.63, 3.8) is 0 Å². The third-order valence-corrected chi connectivity index (χ3v) is 8.30. The molecule has 1 unspecified atom stereocenters. The van der Waals surface area contributed by atoms with Crippen molar-refractivity contribution in [1.29, 1.82) is 0 Å². The molecule has 0 N–H and O–H groups in total. The molecule has 2 aliphatic rings. The summed E-state index contributed by atoms with van der Waals surface area (Å²) >= 11 is 0. The largest absolute Gasteiger partial charge is 0.456 e. The molecule has 0 amide bonds. The zero-order valence-corrected chi connectivity index (χ0v) is 22.1. The van der Waals surface area contributed by atoms with E-state index in [1.807, 2.05) is 55.5 Å². The van der Waals surface area contributed by atoms with Crippen molar-refractivity contribution in [1.82, 2.24) is 4.40 Å². The SMILES string of the molecule is Cc1ccc2c(c1)Oc1cc(-c3c(-c4ccccc4)c(C)c4ccccn34)ccc1C21OC(=O)c2ccccc21. The minimum Gasteiger partial charge on any atom is -0.456 e. The van der Waals surface area contributed by atoms with Gasteiger partial charge in [-0.2, -0.15) is 0 Å². The first-order valence-electron chi connectivity index (χ1n) is 13.5. The van der Waals surface area contributed by atoms with Gasteiger partial charge in [0.15, 0.2) is 5.60 Å². The van der Waals surface area contributed by atoms with Crippen LogP contribution in [0.5, 0.6) is 11.5 Å². The topological polar surface area (TPSA) is 39.9 Å². The molecule has 4 heteroatoms. The number of esters is 1. The number of benzene rings is 4. The van der Waals surface area contributed by atoms with Crippen LogP contribution in [0.2, 0.25) is 0 Å². The number of fused-ring (bicyclic) bond motifs is 7. The second-order valence-corrected chi connectivity index (χ2v) is 10.6. The van der Waals surface area contributed by atoms with E-state index in [4.69, 9.17) is 9.47 Å². The molecule has 4 heterocycles. The van der Waals surface area contributed by atoms with Gasteiger partial charge in [0.05, 0.1) is 11.3 Å². The van der Waals surface area contributed by atoms with Gasteiger partial charge in [0.2, 0.25) is 0 Å². The lowest BCUT2D eigenvalue weighted by atomic mass is 9.77. The van der Waals surface area contributed by atoms with Crippen molar-refractivity contribution in [2.24, 2.45) is 0 Å². The molecular formula is C36H25NO3. The Hall–Kier alpha value is -5.09. The summed E-state index contributed by atoms with van der Waals surface area (Å²) in [6, 6.07) is 36.8. The van der Waals surface area contributed by atoms with E-state index in [0.29, 0.717) is 17.1 Å². The molecule has 2 aromatic heterocycles.